The Labute approximate surface area is 118 Å². The molecule has 1 aromatic carbocycles. The summed E-state index contributed by atoms with van der Waals surface area (Å²) in [5.41, 5.74) is 8.63. The van der Waals surface area contributed by atoms with Crippen molar-refractivity contribution in [1.82, 2.24) is 9.78 Å². The molecule has 0 spiro atoms. The number of methoxy groups -OCH3 is 1. The normalized spacial score (nSPS) is 12.4. The van der Waals surface area contributed by atoms with Gasteiger partial charge in [0.1, 0.15) is 11.6 Å². The number of hydrogen-bond donors (Lipinski definition) is 1. The van der Waals surface area contributed by atoms with Crippen LogP contribution < -0.4 is 10.5 Å². The third-order valence-electron chi connectivity index (χ3n) is 3.43. The second-order valence-corrected chi connectivity index (χ2v) is 4.80. The van der Waals surface area contributed by atoms with Crippen molar-refractivity contribution in [2.75, 3.05) is 7.11 Å². The maximum atomic E-state index is 14.0. The van der Waals surface area contributed by atoms with Crippen molar-refractivity contribution in [3.05, 3.63) is 47.0 Å². The van der Waals surface area contributed by atoms with Crippen molar-refractivity contribution >= 4 is 0 Å². The molecule has 0 fully saturated rings. The van der Waals surface area contributed by atoms with Crippen LogP contribution in [0.1, 0.15) is 29.9 Å². The highest BCUT2D eigenvalue weighted by Gasteiger charge is 2.15. The average Bonchev–Trinajstić information content (AvgIpc) is 2.79. The van der Waals surface area contributed by atoms with Crippen LogP contribution >= 0.6 is 0 Å². The minimum atomic E-state index is -0.402. The lowest BCUT2D eigenvalue weighted by molar-refractivity contribution is 0.410. The molecule has 1 unspecified atom stereocenters. The van der Waals surface area contributed by atoms with Gasteiger partial charge in [0.25, 0.3) is 0 Å². The maximum absolute atomic E-state index is 14.0. The quantitative estimate of drug-likeness (QED) is 0.913. The Balaban J connectivity index is 2.19. The van der Waals surface area contributed by atoms with Crippen LogP contribution in [0.3, 0.4) is 0 Å². The van der Waals surface area contributed by atoms with E-state index in [0.717, 1.165) is 17.8 Å². The largest absolute Gasteiger partial charge is 0.497 e. The highest BCUT2D eigenvalue weighted by molar-refractivity contribution is 5.31. The molecule has 2 rings (SSSR count). The SMILES string of the molecule is CCc1cc(CC(N)c2ccc(OC)cc2F)n(C)n1. The molecule has 0 saturated carbocycles. The van der Waals surface area contributed by atoms with Gasteiger partial charge in [-0.1, -0.05) is 13.0 Å². The van der Waals surface area contributed by atoms with Gasteiger partial charge in [0.05, 0.1) is 12.8 Å². The molecule has 20 heavy (non-hydrogen) atoms. The highest BCUT2D eigenvalue weighted by atomic mass is 19.1. The minimum Gasteiger partial charge on any atom is -0.497 e. The van der Waals surface area contributed by atoms with Gasteiger partial charge in [-0.2, -0.15) is 5.10 Å². The zero-order valence-electron chi connectivity index (χ0n) is 12.1. The number of aromatic nitrogens is 2. The van der Waals surface area contributed by atoms with Crippen molar-refractivity contribution < 1.29 is 9.13 Å². The van der Waals surface area contributed by atoms with Crippen LogP contribution in [-0.4, -0.2) is 16.9 Å². The van der Waals surface area contributed by atoms with Gasteiger partial charge in [0.15, 0.2) is 0 Å². The fourth-order valence-corrected chi connectivity index (χ4v) is 2.21. The molecule has 4 nitrogen and oxygen atoms in total. The molecule has 0 bridgehead atoms. The van der Waals surface area contributed by atoms with Gasteiger partial charge in [-0.05, 0) is 18.6 Å². The van der Waals surface area contributed by atoms with E-state index >= 15 is 0 Å². The number of benzene rings is 1. The molecule has 1 aromatic heterocycles. The molecule has 2 aromatic rings. The first kappa shape index (κ1) is 14.5. The number of rotatable bonds is 5. The summed E-state index contributed by atoms with van der Waals surface area (Å²) >= 11 is 0. The van der Waals surface area contributed by atoms with Gasteiger partial charge in [0.2, 0.25) is 0 Å². The van der Waals surface area contributed by atoms with Crippen molar-refractivity contribution in [1.29, 1.82) is 0 Å². The zero-order chi connectivity index (χ0) is 14.7. The Morgan fingerprint density at radius 3 is 2.70 bits per heavy atom. The molecule has 0 aliphatic rings. The Bertz CT molecular complexity index is 595. The summed E-state index contributed by atoms with van der Waals surface area (Å²) in [6, 6.07) is 6.37. The molecule has 0 radical (unpaired) electrons. The van der Waals surface area contributed by atoms with Gasteiger partial charge < -0.3 is 10.5 Å². The van der Waals surface area contributed by atoms with Gasteiger partial charge in [0, 0.05) is 36.8 Å². The summed E-state index contributed by atoms with van der Waals surface area (Å²) in [7, 11) is 3.39. The molecular formula is C15H20FN3O. The first-order chi connectivity index (χ1) is 9.55. The third-order valence-corrected chi connectivity index (χ3v) is 3.43. The van der Waals surface area contributed by atoms with E-state index < -0.39 is 6.04 Å². The highest BCUT2D eigenvalue weighted by Crippen LogP contribution is 2.23. The van der Waals surface area contributed by atoms with E-state index in [0.29, 0.717) is 17.7 Å². The van der Waals surface area contributed by atoms with E-state index in [4.69, 9.17) is 10.5 Å². The van der Waals surface area contributed by atoms with Gasteiger partial charge in [-0.25, -0.2) is 4.39 Å². The number of halogens is 1. The number of nitrogens with zero attached hydrogens (tertiary/aromatic N) is 2. The predicted molar refractivity (Wildman–Crippen MR) is 76.2 cm³/mol. The summed E-state index contributed by atoms with van der Waals surface area (Å²) < 4.78 is 20.8. The molecule has 1 atom stereocenters. The van der Waals surface area contributed by atoms with E-state index in [9.17, 15) is 4.39 Å². The van der Waals surface area contributed by atoms with Gasteiger partial charge >= 0.3 is 0 Å². The summed E-state index contributed by atoms with van der Waals surface area (Å²) in [6.07, 6.45) is 1.42. The molecule has 0 amide bonds. The molecule has 108 valence electrons. The fourth-order valence-electron chi connectivity index (χ4n) is 2.21. The second-order valence-electron chi connectivity index (χ2n) is 4.80. The number of nitrogens with two attached hydrogens (primary N) is 1. The van der Waals surface area contributed by atoms with Crippen molar-refractivity contribution in [2.24, 2.45) is 12.8 Å². The van der Waals surface area contributed by atoms with Crippen LogP contribution in [0.15, 0.2) is 24.3 Å². The van der Waals surface area contributed by atoms with Gasteiger partial charge in [-0.15, -0.1) is 0 Å². The fraction of sp³-hybridized carbons (Fsp3) is 0.400. The third kappa shape index (κ3) is 2.99. The van der Waals surface area contributed by atoms with Crippen molar-refractivity contribution in [2.45, 2.75) is 25.8 Å². The van der Waals surface area contributed by atoms with E-state index in [2.05, 4.69) is 12.0 Å². The first-order valence-corrected chi connectivity index (χ1v) is 6.66. The number of hydrogen-bond acceptors (Lipinski definition) is 3. The second kappa shape index (κ2) is 6.05. The Kier molecular flexibility index (Phi) is 4.39. The van der Waals surface area contributed by atoms with E-state index in [-0.39, 0.29) is 5.82 Å². The maximum Gasteiger partial charge on any atom is 0.131 e. The summed E-state index contributed by atoms with van der Waals surface area (Å²) in [6.45, 7) is 2.05. The molecule has 5 heteroatoms. The van der Waals surface area contributed by atoms with E-state index in [1.807, 2.05) is 13.1 Å². The van der Waals surface area contributed by atoms with Crippen LogP contribution in [0.4, 0.5) is 4.39 Å². The van der Waals surface area contributed by atoms with Crippen LogP contribution in [0.2, 0.25) is 0 Å². The Morgan fingerprint density at radius 1 is 1.40 bits per heavy atom. The monoisotopic (exact) mass is 277 g/mol. The average molecular weight is 277 g/mol. The summed E-state index contributed by atoms with van der Waals surface area (Å²) in [4.78, 5) is 0. The number of aryl methyl sites for hydroxylation is 2. The van der Waals surface area contributed by atoms with Crippen molar-refractivity contribution in [3.8, 4) is 5.75 Å². The lowest BCUT2D eigenvalue weighted by Crippen LogP contribution is -2.16. The van der Waals surface area contributed by atoms with Crippen LogP contribution in [-0.2, 0) is 19.9 Å². The molecule has 1 heterocycles. The van der Waals surface area contributed by atoms with Crippen LogP contribution in [0.25, 0.3) is 0 Å². The smallest absolute Gasteiger partial charge is 0.131 e. The summed E-state index contributed by atoms with van der Waals surface area (Å²) in [5, 5.41) is 4.37. The topological polar surface area (TPSA) is 53.1 Å². The summed E-state index contributed by atoms with van der Waals surface area (Å²) in [5.74, 6) is 0.155. The molecule has 0 saturated heterocycles. The van der Waals surface area contributed by atoms with E-state index in [1.54, 1.807) is 16.8 Å². The van der Waals surface area contributed by atoms with Crippen LogP contribution in [0, 0.1) is 5.82 Å². The lowest BCUT2D eigenvalue weighted by atomic mass is 10.0. The predicted octanol–water partition coefficient (Wildman–Crippen LogP) is 2.37. The van der Waals surface area contributed by atoms with Crippen LogP contribution in [0.5, 0.6) is 5.75 Å². The van der Waals surface area contributed by atoms with E-state index in [1.165, 1.54) is 13.2 Å². The first-order valence-electron chi connectivity index (χ1n) is 6.66. The molecule has 0 aliphatic carbocycles. The Hall–Kier alpha value is -1.88. The standard InChI is InChI=1S/C15H20FN3O/c1-4-10-7-11(19(2)18-10)8-15(17)13-6-5-12(20-3)9-14(13)16/h5-7,9,15H,4,8,17H2,1-3H3. The number of ether oxygens (including phenoxy) is 1. The Morgan fingerprint density at radius 2 is 2.15 bits per heavy atom. The lowest BCUT2D eigenvalue weighted by Gasteiger charge is -2.13. The molecular weight excluding hydrogens is 257 g/mol. The van der Waals surface area contributed by atoms with Gasteiger partial charge in [-0.3, -0.25) is 4.68 Å². The van der Waals surface area contributed by atoms with Crippen molar-refractivity contribution in [3.63, 3.8) is 0 Å². The molecule has 0 aliphatic heterocycles. The zero-order valence-corrected chi connectivity index (χ0v) is 12.1. The molecule has 2 N–H and O–H groups in total. The minimum absolute atomic E-state index is 0.338.